The predicted molar refractivity (Wildman–Crippen MR) is 159 cm³/mol. The number of ether oxygens (including phenoxy) is 2. The van der Waals surface area contributed by atoms with Gasteiger partial charge in [0.2, 0.25) is 0 Å². The van der Waals surface area contributed by atoms with Gasteiger partial charge in [-0.15, -0.1) is 0 Å². The fourth-order valence-electron chi connectivity index (χ4n) is 3.68. The summed E-state index contributed by atoms with van der Waals surface area (Å²) in [4.78, 5) is 25.4. The Morgan fingerprint density at radius 3 is 2.13 bits per heavy atom. The molecule has 0 radical (unpaired) electrons. The quantitative estimate of drug-likeness (QED) is 0.161. The molecule has 3 aromatic carbocycles. The van der Waals surface area contributed by atoms with Crippen molar-refractivity contribution in [2.45, 2.75) is 34.6 Å². The molecule has 0 bridgehead atoms. The zero-order valence-electron chi connectivity index (χ0n) is 22.1. The Morgan fingerprint density at radius 2 is 1.55 bits per heavy atom. The van der Waals surface area contributed by atoms with E-state index >= 15 is 0 Å². The summed E-state index contributed by atoms with van der Waals surface area (Å²) in [5, 5.41) is 15.4. The molecule has 8 heteroatoms. The summed E-state index contributed by atoms with van der Waals surface area (Å²) >= 11 is 2.08. The smallest absolute Gasteiger partial charge is 0.266 e. The zero-order valence-corrected chi connectivity index (χ0v) is 24.2. The lowest BCUT2D eigenvalue weighted by Crippen LogP contribution is -2.21. The number of amides is 2. The third-order valence-corrected chi connectivity index (χ3v) is 6.89. The van der Waals surface area contributed by atoms with Crippen molar-refractivity contribution < 1.29 is 19.1 Å². The molecule has 3 aromatic rings. The van der Waals surface area contributed by atoms with E-state index in [0.29, 0.717) is 32.9 Å². The van der Waals surface area contributed by atoms with Crippen LogP contribution in [0.5, 0.6) is 11.5 Å². The Bertz CT molecular complexity index is 1440. The minimum atomic E-state index is -0.502. The number of nitrogens with one attached hydrogen (secondary N) is 2. The molecule has 2 amide bonds. The number of anilines is 2. The van der Waals surface area contributed by atoms with Crippen molar-refractivity contribution in [1.82, 2.24) is 0 Å². The number of nitrogens with zero attached hydrogens (tertiary/aromatic N) is 1. The van der Waals surface area contributed by atoms with Crippen LogP contribution in [0.4, 0.5) is 11.4 Å². The molecular formula is C30H30IN3O4. The van der Waals surface area contributed by atoms with Crippen LogP contribution in [-0.2, 0) is 9.59 Å². The number of aryl methyl sites for hydroxylation is 2. The highest BCUT2D eigenvalue weighted by Crippen LogP contribution is 2.35. The highest BCUT2D eigenvalue weighted by Gasteiger charge is 2.17. The summed E-state index contributed by atoms with van der Waals surface area (Å²) in [6.07, 6.45) is 1.50. The third kappa shape index (κ3) is 7.13. The van der Waals surface area contributed by atoms with E-state index in [9.17, 15) is 14.9 Å². The second-order valence-corrected chi connectivity index (χ2v) is 9.88. The topological polar surface area (TPSA) is 100 Å². The molecule has 0 heterocycles. The lowest BCUT2D eigenvalue weighted by Gasteiger charge is -2.15. The molecule has 0 aromatic heterocycles. The van der Waals surface area contributed by atoms with Gasteiger partial charge in [0, 0.05) is 11.4 Å². The molecule has 0 saturated heterocycles. The molecule has 7 nitrogen and oxygen atoms in total. The van der Waals surface area contributed by atoms with Crippen molar-refractivity contribution >= 4 is 51.9 Å². The molecule has 0 fully saturated rings. The van der Waals surface area contributed by atoms with E-state index in [1.54, 1.807) is 18.2 Å². The number of rotatable bonds is 9. The van der Waals surface area contributed by atoms with Gasteiger partial charge in [-0.3, -0.25) is 9.59 Å². The number of halogens is 1. The van der Waals surface area contributed by atoms with Crippen LogP contribution in [0.25, 0.3) is 6.08 Å². The zero-order chi connectivity index (χ0) is 27.8. The first kappa shape index (κ1) is 28.7. The Hall–Kier alpha value is -3.84. The van der Waals surface area contributed by atoms with Crippen LogP contribution in [-0.4, -0.2) is 25.0 Å². The molecule has 0 aliphatic carbocycles. The summed E-state index contributed by atoms with van der Waals surface area (Å²) in [5.41, 5.74) is 6.00. The third-order valence-electron chi connectivity index (χ3n) is 6.09. The number of nitriles is 1. The second-order valence-electron chi connectivity index (χ2n) is 8.72. The maximum atomic E-state index is 12.8. The van der Waals surface area contributed by atoms with Crippen LogP contribution in [0.1, 0.15) is 34.7 Å². The highest BCUT2D eigenvalue weighted by molar-refractivity contribution is 14.1. The fourth-order valence-corrected chi connectivity index (χ4v) is 4.46. The first-order valence-electron chi connectivity index (χ1n) is 12.1. The summed E-state index contributed by atoms with van der Waals surface area (Å²) < 4.78 is 12.3. The van der Waals surface area contributed by atoms with Crippen LogP contribution in [0.3, 0.4) is 0 Å². The summed E-state index contributed by atoms with van der Waals surface area (Å²) in [6, 6.07) is 16.8. The average Bonchev–Trinajstić information content (AvgIpc) is 2.87. The van der Waals surface area contributed by atoms with Crippen LogP contribution >= 0.6 is 22.6 Å². The molecule has 0 saturated carbocycles. The normalized spacial score (nSPS) is 10.9. The minimum absolute atomic E-state index is 0.0503. The second kappa shape index (κ2) is 13.1. The predicted octanol–water partition coefficient (Wildman–Crippen LogP) is 6.49. The van der Waals surface area contributed by atoms with Crippen molar-refractivity contribution in [2.75, 3.05) is 23.8 Å². The van der Waals surface area contributed by atoms with Crippen LogP contribution < -0.4 is 20.1 Å². The highest BCUT2D eigenvalue weighted by atomic mass is 127. The molecule has 3 rings (SSSR count). The van der Waals surface area contributed by atoms with E-state index in [2.05, 4.69) is 33.2 Å². The van der Waals surface area contributed by atoms with Gasteiger partial charge in [-0.1, -0.05) is 24.3 Å². The van der Waals surface area contributed by atoms with Crippen molar-refractivity contribution in [1.29, 1.82) is 5.26 Å². The van der Waals surface area contributed by atoms with Gasteiger partial charge in [-0.2, -0.15) is 5.26 Å². The van der Waals surface area contributed by atoms with Crippen molar-refractivity contribution in [3.8, 4) is 17.6 Å². The molecule has 0 spiro atoms. The summed E-state index contributed by atoms with van der Waals surface area (Å²) in [5.74, 6) is 0.0323. The van der Waals surface area contributed by atoms with E-state index in [0.717, 1.165) is 27.9 Å². The maximum Gasteiger partial charge on any atom is 0.266 e. The van der Waals surface area contributed by atoms with Crippen molar-refractivity contribution in [3.05, 3.63) is 85.5 Å². The van der Waals surface area contributed by atoms with Gasteiger partial charge in [0.25, 0.3) is 11.8 Å². The van der Waals surface area contributed by atoms with Gasteiger partial charge < -0.3 is 20.1 Å². The summed E-state index contributed by atoms with van der Waals surface area (Å²) in [6.45, 7) is 9.81. The van der Waals surface area contributed by atoms with Gasteiger partial charge in [-0.05, 0) is 115 Å². The SMILES string of the molecule is CCOc1cc(/C=C(/C#N)C(=O)Nc2cccc(C)c2C)cc(I)c1OCC(=O)Nc1cccc(C)c1C. The van der Waals surface area contributed by atoms with Crippen molar-refractivity contribution in [3.63, 3.8) is 0 Å². The monoisotopic (exact) mass is 623 g/mol. The number of carbonyl (C=O) groups is 2. The standard InChI is InChI=1S/C30H30IN3O4/c1-6-37-27-15-22(13-23(16-32)30(36)34-26-12-8-10-19(3)21(26)5)14-24(31)29(27)38-17-28(35)33-25-11-7-9-18(2)20(25)4/h7-15H,6,17H2,1-5H3,(H,33,35)(H,34,36)/b23-13-. The average molecular weight is 623 g/mol. The van der Waals surface area contributed by atoms with Gasteiger partial charge >= 0.3 is 0 Å². The van der Waals surface area contributed by atoms with Crippen LogP contribution in [0.15, 0.2) is 54.1 Å². The maximum absolute atomic E-state index is 12.8. The molecule has 38 heavy (non-hydrogen) atoms. The van der Waals surface area contributed by atoms with E-state index in [4.69, 9.17) is 9.47 Å². The summed E-state index contributed by atoms with van der Waals surface area (Å²) in [7, 11) is 0. The molecular weight excluding hydrogens is 593 g/mol. The molecule has 196 valence electrons. The van der Waals surface area contributed by atoms with Gasteiger partial charge in [0.15, 0.2) is 18.1 Å². The van der Waals surface area contributed by atoms with Gasteiger partial charge in [-0.25, -0.2) is 0 Å². The Kier molecular flexibility index (Phi) is 9.91. The number of benzene rings is 3. The van der Waals surface area contributed by atoms with E-state index in [1.807, 2.05) is 71.0 Å². The van der Waals surface area contributed by atoms with Crippen molar-refractivity contribution in [2.24, 2.45) is 0 Å². The van der Waals surface area contributed by atoms with Crippen LogP contribution in [0.2, 0.25) is 0 Å². The van der Waals surface area contributed by atoms with E-state index in [1.165, 1.54) is 6.08 Å². The number of hydrogen-bond donors (Lipinski definition) is 2. The number of hydrogen-bond acceptors (Lipinski definition) is 5. The lowest BCUT2D eigenvalue weighted by atomic mass is 10.1. The molecule has 2 N–H and O–H groups in total. The number of carbonyl (C=O) groups excluding carboxylic acids is 2. The van der Waals surface area contributed by atoms with E-state index in [-0.39, 0.29) is 18.1 Å². The Labute approximate surface area is 237 Å². The molecule has 0 unspecified atom stereocenters. The first-order chi connectivity index (χ1) is 18.1. The molecule has 0 atom stereocenters. The Balaban J connectivity index is 1.80. The Morgan fingerprint density at radius 1 is 0.947 bits per heavy atom. The lowest BCUT2D eigenvalue weighted by molar-refractivity contribution is -0.118. The first-order valence-corrected chi connectivity index (χ1v) is 13.2. The fraction of sp³-hybridized carbons (Fsp3) is 0.233. The molecule has 0 aliphatic rings. The van der Waals surface area contributed by atoms with E-state index < -0.39 is 5.91 Å². The van der Waals surface area contributed by atoms with Gasteiger partial charge in [0.05, 0.1) is 10.2 Å². The molecule has 0 aliphatic heterocycles. The van der Waals surface area contributed by atoms with Gasteiger partial charge in [0.1, 0.15) is 11.6 Å². The largest absolute Gasteiger partial charge is 0.490 e. The van der Waals surface area contributed by atoms with Crippen LogP contribution in [0, 0.1) is 42.6 Å². The minimum Gasteiger partial charge on any atom is -0.490 e.